The lowest BCUT2D eigenvalue weighted by atomic mass is 10.0. The van der Waals surface area contributed by atoms with Crippen molar-refractivity contribution in [3.05, 3.63) is 0 Å². The third-order valence-corrected chi connectivity index (χ3v) is 2.21. The average molecular weight is 189 g/mol. The van der Waals surface area contributed by atoms with Crippen LogP contribution in [0.5, 0.6) is 0 Å². The number of hydrogen-bond donors (Lipinski definition) is 1. The Balaban J connectivity index is 3.57. The van der Waals surface area contributed by atoms with E-state index in [2.05, 4.69) is 39.9 Å². The molecule has 0 fully saturated rings. The minimum Gasteiger partial charge on any atom is -0.309 e. The molecule has 2 heteroatoms. The van der Waals surface area contributed by atoms with E-state index in [1.165, 1.54) is 0 Å². The monoisotopic (exact) mass is 189 g/mol. The zero-order chi connectivity index (χ0) is 10.5. The Morgan fingerprint density at radius 1 is 1.31 bits per heavy atom. The third-order valence-electron chi connectivity index (χ3n) is 2.21. The summed E-state index contributed by atoms with van der Waals surface area (Å²) in [7, 11) is 0. The van der Waals surface area contributed by atoms with Gasteiger partial charge in [0.2, 0.25) is 0 Å². The highest BCUT2D eigenvalue weighted by molar-refractivity contribution is 4.73. The minimum atomic E-state index is -0.700. The largest absolute Gasteiger partial charge is 0.309 e. The molecule has 0 aromatic rings. The van der Waals surface area contributed by atoms with Crippen LogP contribution in [0.25, 0.3) is 0 Å². The molecule has 80 valence electrons. The fourth-order valence-electron chi connectivity index (χ4n) is 1.10. The molecule has 0 rings (SSSR count). The Hall–Kier alpha value is -0.110. The molecule has 0 heterocycles. The highest BCUT2D eigenvalue weighted by Gasteiger charge is 2.14. The first-order valence-electron chi connectivity index (χ1n) is 5.24. The maximum absolute atomic E-state index is 13.3. The molecule has 0 aromatic carbocycles. The molecule has 0 radical (unpaired) electrons. The fourth-order valence-corrected chi connectivity index (χ4v) is 1.10. The molecular weight excluding hydrogens is 165 g/mol. The van der Waals surface area contributed by atoms with E-state index in [-0.39, 0.29) is 5.54 Å². The van der Waals surface area contributed by atoms with Crippen LogP contribution in [0.2, 0.25) is 0 Å². The Labute approximate surface area is 82.1 Å². The van der Waals surface area contributed by atoms with Gasteiger partial charge >= 0.3 is 0 Å². The van der Waals surface area contributed by atoms with Gasteiger partial charge in [-0.1, -0.05) is 20.3 Å². The maximum atomic E-state index is 13.3. The summed E-state index contributed by atoms with van der Waals surface area (Å²) < 4.78 is 13.3. The Morgan fingerprint density at radius 2 is 1.85 bits per heavy atom. The number of hydrogen-bond acceptors (Lipinski definition) is 1. The van der Waals surface area contributed by atoms with E-state index in [9.17, 15) is 4.39 Å². The molecule has 0 aliphatic carbocycles. The van der Waals surface area contributed by atoms with Crippen molar-refractivity contribution in [2.75, 3.05) is 6.54 Å². The van der Waals surface area contributed by atoms with Crippen LogP contribution in [0.15, 0.2) is 0 Å². The molecule has 0 bridgehead atoms. The molecule has 13 heavy (non-hydrogen) atoms. The van der Waals surface area contributed by atoms with E-state index in [4.69, 9.17) is 0 Å². The fraction of sp³-hybridized carbons (Fsp3) is 1.00. The van der Waals surface area contributed by atoms with Gasteiger partial charge in [-0.3, -0.25) is 0 Å². The maximum Gasteiger partial charge on any atom is 0.113 e. The molecule has 0 aliphatic heterocycles. The summed E-state index contributed by atoms with van der Waals surface area (Å²) in [4.78, 5) is 0. The SMILES string of the molecule is CCC(C)CC(F)CNC(C)(C)C. The van der Waals surface area contributed by atoms with Crippen molar-refractivity contribution in [2.45, 2.75) is 59.2 Å². The Bertz CT molecular complexity index is 129. The van der Waals surface area contributed by atoms with Gasteiger partial charge in [-0.2, -0.15) is 0 Å². The van der Waals surface area contributed by atoms with Gasteiger partial charge in [0.15, 0.2) is 0 Å². The summed E-state index contributed by atoms with van der Waals surface area (Å²) in [5.41, 5.74) is 0.0276. The third kappa shape index (κ3) is 8.23. The van der Waals surface area contributed by atoms with Gasteiger partial charge in [-0.05, 0) is 33.1 Å². The smallest absolute Gasteiger partial charge is 0.113 e. The zero-order valence-corrected chi connectivity index (χ0v) is 9.65. The predicted molar refractivity (Wildman–Crippen MR) is 56.7 cm³/mol. The van der Waals surface area contributed by atoms with E-state index in [0.29, 0.717) is 18.9 Å². The quantitative estimate of drug-likeness (QED) is 0.700. The van der Waals surface area contributed by atoms with Gasteiger partial charge in [0.05, 0.1) is 0 Å². The predicted octanol–water partition coefficient (Wildman–Crippen LogP) is 3.15. The molecule has 0 aliphatic rings. The van der Waals surface area contributed by atoms with E-state index >= 15 is 0 Å². The minimum absolute atomic E-state index is 0.0276. The molecule has 1 nitrogen and oxygen atoms in total. The molecule has 2 atom stereocenters. The van der Waals surface area contributed by atoms with Crippen LogP contribution in [0.4, 0.5) is 4.39 Å². The van der Waals surface area contributed by atoms with E-state index < -0.39 is 6.17 Å². The van der Waals surface area contributed by atoms with Crippen LogP contribution in [0.3, 0.4) is 0 Å². The highest BCUT2D eigenvalue weighted by atomic mass is 19.1. The lowest BCUT2D eigenvalue weighted by Gasteiger charge is -2.22. The molecule has 0 saturated heterocycles. The number of rotatable bonds is 5. The standard InChI is InChI=1S/C11H24FN/c1-6-9(2)7-10(12)8-13-11(3,4)5/h9-10,13H,6-8H2,1-5H3. The van der Waals surface area contributed by atoms with Crippen LogP contribution in [-0.2, 0) is 0 Å². The van der Waals surface area contributed by atoms with Gasteiger partial charge in [0, 0.05) is 12.1 Å². The van der Waals surface area contributed by atoms with Gasteiger partial charge in [0.1, 0.15) is 6.17 Å². The van der Waals surface area contributed by atoms with Crippen LogP contribution in [-0.4, -0.2) is 18.3 Å². The van der Waals surface area contributed by atoms with E-state index in [0.717, 1.165) is 6.42 Å². The highest BCUT2D eigenvalue weighted by Crippen LogP contribution is 2.12. The normalized spacial score (nSPS) is 17.1. The number of halogens is 1. The molecule has 0 saturated carbocycles. The Morgan fingerprint density at radius 3 is 2.23 bits per heavy atom. The molecule has 1 N–H and O–H groups in total. The van der Waals surface area contributed by atoms with Crippen molar-refractivity contribution >= 4 is 0 Å². The second-order valence-corrected chi connectivity index (χ2v) is 4.98. The number of alkyl halides is 1. The van der Waals surface area contributed by atoms with Crippen molar-refractivity contribution in [1.82, 2.24) is 5.32 Å². The summed E-state index contributed by atoms with van der Waals surface area (Å²) in [6.07, 6.45) is 1.05. The van der Waals surface area contributed by atoms with Crippen molar-refractivity contribution in [3.63, 3.8) is 0 Å². The first-order chi connectivity index (χ1) is 5.85. The summed E-state index contributed by atoms with van der Waals surface area (Å²) in [6, 6.07) is 0. The molecule has 0 spiro atoms. The summed E-state index contributed by atoms with van der Waals surface area (Å²) in [5.74, 6) is 0.497. The molecule has 0 aromatic heterocycles. The molecule has 2 unspecified atom stereocenters. The van der Waals surface area contributed by atoms with Crippen molar-refractivity contribution in [2.24, 2.45) is 5.92 Å². The van der Waals surface area contributed by atoms with Crippen LogP contribution >= 0.6 is 0 Å². The topological polar surface area (TPSA) is 12.0 Å². The van der Waals surface area contributed by atoms with Gasteiger partial charge in [-0.25, -0.2) is 4.39 Å². The molecular formula is C11H24FN. The lowest BCUT2D eigenvalue weighted by molar-refractivity contribution is 0.243. The lowest BCUT2D eigenvalue weighted by Crippen LogP contribution is -2.40. The van der Waals surface area contributed by atoms with Gasteiger partial charge in [-0.15, -0.1) is 0 Å². The summed E-state index contributed by atoms with van der Waals surface area (Å²) >= 11 is 0. The van der Waals surface area contributed by atoms with Crippen molar-refractivity contribution in [3.8, 4) is 0 Å². The summed E-state index contributed by atoms with van der Waals surface area (Å²) in [6.45, 7) is 10.9. The second kappa shape index (κ2) is 5.58. The van der Waals surface area contributed by atoms with Crippen LogP contribution in [0, 0.1) is 5.92 Å². The van der Waals surface area contributed by atoms with Crippen LogP contribution < -0.4 is 5.32 Å². The first-order valence-corrected chi connectivity index (χ1v) is 5.24. The van der Waals surface area contributed by atoms with Crippen LogP contribution in [0.1, 0.15) is 47.5 Å². The van der Waals surface area contributed by atoms with Gasteiger partial charge in [0.25, 0.3) is 0 Å². The number of nitrogens with one attached hydrogen (secondary N) is 1. The average Bonchev–Trinajstić information content (AvgIpc) is 1.99. The van der Waals surface area contributed by atoms with Crippen molar-refractivity contribution in [1.29, 1.82) is 0 Å². The van der Waals surface area contributed by atoms with E-state index in [1.807, 2.05) is 0 Å². The molecule has 0 amide bonds. The summed E-state index contributed by atoms with van der Waals surface area (Å²) in [5, 5.41) is 3.18. The second-order valence-electron chi connectivity index (χ2n) is 4.98. The van der Waals surface area contributed by atoms with Crippen molar-refractivity contribution < 1.29 is 4.39 Å². The first kappa shape index (κ1) is 12.9. The van der Waals surface area contributed by atoms with E-state index in [1.54, 1.807) is 0 Å². The van der Waals surface area contributed by atoms with Gasteiger partial charge < -0.3 is 5.32 Å². The Kier molecular flexibility index (Phi) is 5.54. The zero-order valence-electron chi connectivity index (χ0n) is 9.65.